The van der Waals surface area contributed by atoms with Crippen LogP contribution in [0.4, 0.5) is 0 Å². The zero-order valence-electron chi connectivity index (χ0n) is 13.1. The van der Waals surface area contributed by atoms with Gasteiger partial charge in [-0.1, -0.05) is 64.3 Å². The van der Waals surface area contributed by atoms with Gasteiger partial charge in [-0.2, -0.15) is 0 Å². The van der Waals surface area contributed by atoms with Crippen molar-refractivity contribution < 1.29 is 0 Å². The van der Waals surface area contributed by atoms with Gasteiger partial charge in [0, 0.05) is 5.54 Å². The Hall–Kier alpha value is -0.820. The maximum atomic E-state index is 3.61. The van der Waals surface area contributed by atoms with Crippen molar-refractivity contribution >= 4 is 0 Å². The van der Waals surface area contributed by atoms with Crippen LogP contribution in [-0.2, 0) is 11.8 Å². The summed E-state index contributed by atoms with van der Waals surface area (Å²) < 4.78 is 0. The van der Waals surface area contributed by atoms with Gasteiger partial charge in [-0.3, -0.25) is 0 Å². The molecule has 0 spiro atoms. The van der Waals surface area contributed by atoms with E-state index in [1.54, 1.807) is 0 Å². The molecular weight excluding hydrogens is 230 g/mol. The maximum absolute atomic E-state index is 3.61. The minimum atomic E-state index is 0.254. The second kappa shape index (κ2) is 5.66. The van der Waals surface area contributed by atoms with E-state index in [2.05, 4.69) is 57.4 Å². The minimum Gasteiger partial charge on any atom is -0.314 e. The third-order valence-corrected chi connectivity index (χ3v) is 4.70. The molecular formula is C18H29N. The SMILES string of the molecule is CNC1(Cc2ccc(C(C)(C)C)cc2)CCCCC1. The summed E-state index contributed by atoms with van der Waals surface area (Å²) in [6, 6.07) is 9.27. The van der Waals surface area contributed by atoms with Gasteiger partial charge in [-0.15, -0.1) is 0 Å². The molecule has 1 fully saturated rings. The predicted molar refractivity (Wildman–Crippen MR) is 83.7 cm³/mol. The van der Waals surface area contributed by atoms with E-state index in [9.17, 15) is 0 Å². The molecule has 0 amide bonds. The van der Waals surface area contributed by atoms with Crippen molar-refractivity contribution in [2.24, 2.45) is 0 Å². The largest absolute Gasteiger partial charge is 0.314 e. The summed E-state index contributed by atoms with van der Waals surface area (Å²) in [5.74, 6) is 0. The van der Waals surface area contributed by atoms with Crippen LogP contribution in [0.1, 0.15) is 64.0 Å². The Morgan fingerprint density at radius 2 is 1.58 bits per heavy atom. The highest BCUT2D eigenvalue weighted by Crippen LogP contribution is 2.31. The summed E-state index contributed by atoms with van der Waals surface area (Å²) in [5, 5.41) is 3.61. The molecule has 0 unspecified atom stereocenters. The minimum absolute atomic E-state index is 0.254. The average Bonchev–Trinajstić information content (AvgIpc) is 2.39. The fraction of sp³-hybridized carbons (Fsp3) is 0.667. The van der Waals surface area contributed by atoms with Crippen LogP contribution in [0, 0.1) is 0 Å². The number of hydrogen-bond acceptors (Lipinski definition) is 1. The predicted octanol–water partition coefficient (Wildman–Crippen LogP) is 4.45. The number of benzene rings is 1. The van der Waals surface area contributed by atoms with E-state index in [-0.39, 0.29) is 5.41 Å². The monoisotopic (exact) mass is 259 g/mol. The molecule has 1 N–H and O–H groups in total. The Morgan fingerprint density at radius 1 is 1.00 bits per heavy atom. The molecule has 1 heteroatoms. The molecule has 0 aliphatic heterocycles. The van der Waals surface area contributed by atoms with Crippen molar-refractivity contribution in [2.75, 3.05) is 7.05 Å². The molecule has 0 aromatic heterocycles. The molecule has 1 aliphatic rings. The van der Waals surface area contributed by atoms with Gasteiger partial charge < -0.3 is 5.32 Å². The molecule has 1 nitrogen and oxygen atoms in total. The first kappa shape index (κ1) is 14.6. The summed E-state index contributed by atoms with van der Waals surface area (Å²) in [7, 11) is 2.13. The summed E-state index contributed by atoms with van der Waals surface area (Å²) in [4.78, 5) is 0. The number of nitrogens with one attached hydrogen (secondary N) is 1. The molecule has 0 atom stereocenters. The Labute approximate surface area is 118 Å². The van der Waals surface area contributed by atoms with Gasteiger partial charge in [0.15, 0.2) is 0 Å². The van der Waals surface area contributed by atoms with Crippen molar-refractivity contribution in [1.82, 2.24) is 5.32 Å². The van der Waals surface area contributed by atoms with Crippen LogP contribution in [0.2, 0.25) is 0 Å². The smallest absolute Gasteiger partial charge is 0.0218 e. The number of likely N-dealkylation sites (N-methyl/N-ethyl adjacent to an activating group) is 1. The van der Waals surface area contributed by atoms with Crippen molar-refractivity contribution in [2.45, 2.75) is 70.3 Å². The normalized spacial score (nSPS) is 19.4. The van der Waals surface area contributed by atoms with Crippen molar-refractivity contribution in [1.29, 1.82) is 0 Å². The molecule has 2 rings (SSSR count). The molecule has 19 heavy (non-hydrogen) atoms. The van der Waals surface area contributed by atoms with Gasteiger partial charge in [0.05, 0.1) is 0 Å². The molecule has 0 saturated heterocycles. The average molecular weight is 259 g/mol. The number of rotatable bonds is 3. The van der Waals surface area contributed by atoms with Gasteiger partial charge in [-0.05, 0) is 42.9 Å². The van der Waals surface area contributed by atoms with Crippen LogP contribution >= 0.6 is 0 Å². The summed E-state index contributed by atoms with van der Waals surface area (Å²) >= 11 is 0. The third kappa shape index (κ3) is 3.60. The second-order valence-corrected chi connectivity index (χ2v) is 7.21. The van der Waals surface area contributed by atoms with Crippen molar-refractivity contribution in [3.63, 3.8) is 0 Å². The molecule has 0 heterocycles. The highest BCUT2D eigenvalue weighted by atomic mass is 14.9. The first-order chi connectivity index (χ1) is 8.95. The van der Waals surface area contributed by atoms with Crippen molar-refractivity contribution in [3.05, 3.63) is 35.4 Å². The molecule has 1 aromatic rings. The van der Waals surface area contributed by atoms with E-state index in [4.69, 9.17) is 0 Å². The Morgan fingerprint density at radius 3 is 2.05 bits per heavy atom. The lowest BCUT2D eigenvalue weighted by Crippen LogP contribution is -2.46. The summed E-state index contributed by atoms with van der Waals surface area (Å²) in [6.45, 7) is 6.83. The first-order valence-electron chi connectivity index (χ1n) is 7.74. The van der Waals surface area contributed by atoms with Crippen LogP contribution in [0.15, 0.2) is 24.3 Å². The molecule has 1 aromatic carbocycles. The number of hydrogen-bond donors (Lipinski definition) is 1. The Bertz CT molecular complexity index is 391. The zero-order valence-corrected chi connectivity index (χ0v) is 13.1. The van der Waals surface area contributed by atoms with E-state index in [0.29, 0.717) is 5.54 Å². The molecule has 1 saturated carbocycles. The quantitative estimate of drug-likeness (QED) is 0.845. The highest BCUT2D eigenvalue weighted by molar-refractivity contribution is 5.28. The highest BCUT2D eigenvalue weighted by Gasteiger charge is 2.30. The van der Waals surface area contributed by atoms with Crippen LogP contribution in [-0.4, -0.2) is 12.6 Å². The van der Waals surface area contributed by atoms with Crippen LogP contribution in [0.25, 0.3) is 0 Å². The first-order valence-corrected chi connectivity index (χ1v) is 7.74. The fourth-order valence-corrected chi connectivity index (χ4v) is 3.26. The van der Waals surface area contributed by atoms with E-state index in [0.717, 1.165) is 0 Å². The molecule has 1 aliphatic carbocycles. The van der Waals surface area contributed by atoms with E-state index < -0.39 is 0 Å². The van der Waals surface area contributed by atoms with Crippen LogP contribution in [0.5, 0.6) is 0 Å². The lowest BCUT2D eigenvalue weighted by atomic mass is 9.77. The second-order valence-electron chi connectivity index (χ2n) is 7.21. The van der Waals surface area contributed by atoms with E-state index in [1.165, 1.54) is 49.7 Å². The molecule has 0 radical (unpaired) electrons. The lowest BCUT2D eigenvalue weighted by Gasteiger charge is -2.37. The van der Waals surface area contributed by atoms with Crippen LogP contribution in [0.3, 0.4) is 0 Å². The fourth-order valence-electron chi connectivity index (χ4n) is 3.26. The molecule has 0 bridgehead atoms. The topological polar surface area (TPSA) is 12.0 Å². The lowest BCUT2D eigenvalue weighted by molar-refractivity contribution is 0.245. The van der Waals surface area contributed by atoms with Gasteiger partial charge in [0.1, 0.15) is 0 Å². The Balaban J connectivity index is 2.10. The van der Waals surface area contributed by atoms with E-state index >= 15 is 0 Å². The van der Waals surface area contributed by atoms with E-state index in [1.807, 2.05) is 0 Å². The summed E-state index contributed by atoms with van der Waals surface area (Å²) in [6.07, 6.45) is 7.98. The van der Waals surface area contributed by atoms with Gasteiger partial charge >= 0.3 is 0 Å². The third-order valence-electron chi connectivity index (χ3n) is 4.70. The van der Waals surface area contributed by atoms with Gasteiger partial charge in [-0.25, -0.2) is 0 Å². The summed E-state index contributed by atoms with van der Waals surface area (Å²) in [5.41, 5.74) is 3.51. The van der Waals surface area contributed by atoms with Gasteiger partial charge in [0.25, 0.3) is 0 Å². The standard InChI is InChI=1S/C18H29N/c1-17(2,3)16-10-8-15(9-11-16)14-18(19-4)12-6-5-7-13-18/h8-11,19H,5-7,12-14H2,1-4H3. The van der Waals surface area contributed by atoms with Gasteiger partial charge in [0.2, 0.25) is 0 Å². The maximum Gasteiger partial charge on any atom is 0.0218 e. The molecule has 106 valence electrons. The zero-order chi connectivity index (χ0) is 13.9. The Kier molecular flexibility index (Phi) is 4.35. The van der Waals surface area contributed by atoms with Crippen molar-refractivity contribution in [3.8, 4) is 0 Å². The van der Waals surface area contributed by atoms with Crippen LogP contribution < -0.4 is 5.32 Å².